The molecule has 1 aliphatic heterocycles. The van der Waals surface area contributed by atoms with Crippen LogP contribution in [0.2, 0.25) is 0 Å². The molecule has 1 aliphatic carbocycles. The molecule has 4 heteroatoms. The first kappa shape index (κ1) is 17.0. The van der Waals surface area contributed by atoms with E-state index in [0.717, 1.165) is 12.0 Å². The maximum Gasteiger partial charge on any atom is 0.224 e. The second-order valence-corrected chi connectivity index (χ2v) is 7.67. The van der Waals surface area contributed by atoms with E-state index < -0.39 is 0 Å². The van der Waals surface area contributed by atoms with Gasteiger partial charge < -0.3 is 10.2 Å². The molecule has 1 heterocycles. The maximum absolute atomic E-state index is 12.3. The number of carbonyl (C=O) groups is 2. The minimum absolute atomic E-state index is 0.0712. The zero-order chi connectivity index (χ0) is 17.3. The summed E-state index contributed by atoms with van der Waals surface area (Å²) in [7, 11) is 0. The molecule has 1 saturated heterocycles. The topological polar surface area (TPSA) is 49.4 Å². The highest BCUT2D eigenvalue weighted by Gasteiger charge is 2.51. The molecule has 1 saturated carbocycles. The third kappa shape index (κ3) is 3.33. The van der Waals surface area contributed by atoms with Gasteiger partial charge in [-0.3, -0.25) is 9.59 Å². The molecule has 4 nitrogen and oxygen atoms in total. The van der Waals surface area contributed by atoms with Crippen molar-refractivity contribution < 1.29 is 9.59 Å². The van der Waals surface area contributed by atoms with Gasteiger partial charge in [-0.05, 0) is 43.6 Å². The predicted octanol–water partition coefficient (Wildman–Crippen LogP) is 2.63. The summed E-state index contributed by atoms with van der Waals surface area (Å²) >= 11 is 0. The lowest BCUT2D eigenvalue weighted by Gasteiger charge is -2.28. The summed E-state index contributed by atoms with van der Waals surface area (Å²) in [6, 6.07) is 10.5. The van der Waals surface area contributed by atoms with E-state index in [1.165, 1.54) is 0 Å². The van der Waals surface area contributed by atoms with E-state index in [2.05, 4.69) is 31.0 Å². The number of fused-ring (bicyclic) bond motifs is 1. The first-order valence-corrected chi connectivity index (χ1v) is 9.09. The molecule has 1 aromatic rings. The van der Waals surface area contributed by atoms with Gasteiger partial charge in [-0.25, -0.2) is 0 Å². The van der Waals surface area contributed by atoms with Crippen LogP contribution in [-0.4, -0.2) is 35.3 Å². The van der Waals surface area contributed by atoms with Crippen LogP contribution < -0.4 is 5.32 Å². The number of hydrogen-bond donors (Lipinski definition) is 1. The Labute approximate surface area is 144 Å². The van der Waals surface area contributed by atoms with E-state index >= 15 is 0 Å². The van der Waals surface area contributed by atoms with Gasteiger partial charge in [0.05, 0.1) is 6.42 Å². The summed E-state index contributed by atoms with van der Waals surface area (Å²) in [4.78, 5) is 26.6. The highest BCUT2D eigenvalue weighted by atomic mass is 16.2. The summed E-state index contributed by atoms with van der Waals surface area (Å²) in [5.41, 5.74) is 1.04. The van der Waals surface area contributed by atoms with E-state index in [1.807, 2.05) is 30.3 Å². The first-order chi connectivity index (χ1) is 11.5. The zero-order valence-corrected chi connectivity index (χ0v) is 14.9. The third-order valence-corrected chi connectivity index (χ3v) is 5.74. The molecule has 24 heavy (non-hydrogen) atoms. The standard InChI is InChI=1S/C20H28N2O2/c1-13(2)22-18-9-14(3)17(16(18)11-20(22)24)12-21-19(23)10-15-7-5-4-6-8-15/h4-8,13-14,16-18H,9-12H2,1-3H3,(H,21,23)/t14-,16-,17+,18+/m0/s1. The molecule has 0 bridgehead atoms. The van der Waals surface area contributed by atoms with Crippen molar-refractivity contribution in [3.8, 4) is 0 Å². The lowest BCUT2D eigenvalue weighted by molar-refractivity contribution is -0.130. The van der Waals surface area contributed by atoms with Gasteiger partial charge in [0.25, 0.3) is 0 Å². The summed E-state index contributed by atoms with van der Waals surface area (Å²) < 4.78 is 0. The summed E-state index contributed by atoms with van der Waals surface area (Å²) in [5, 5.41) is 3.11. The van der Waals surface area contributed by atoms with Gasteiger partial charge in [-0.15, -0.1) is 0 Å². The molecule has 3 rings (SSSR count). The molecule has 0 spiro atoms. The van der Waals surface area contributed by atoms with Gasteiger partial charge in [-0.2, -0.15) is 0 Å². The Morgan fingerprint density at radius 1 is 1.29 bits per heavy atom. The number of carbonyl (C=O) groups excluding carboxylic acids is 2. The van der Waals surface area contributed by atoms with Crippen LogP contribution in [0, 0.1) is 17.8 Å². The van der Waals surface area contributed by atoms with Crippen molar-refractivity contribution in [1.82, 2.24) is 10.2 Å². The van der Waals surface area contributed by atoms with Crippen molar-refractivity contribution >= 4 is 11.8 Å². The number of nitrogens with zero attached hydrogens (tertiary/aromatic N) is 1. The molecule has 4 atom stereocenters. The average molecular weight is 328 g/mol. The third-order valence-electron chi connectivity index (χ3n) is 5.74. The van der Waals surface area contributed by atoms with Crippen molar-refractivity contribution in [3.05, 3.63) is 35.9 Å². The number of hydrogen-bond acceptors (Lipinski definition) is 2. The Kier molecular flexibility index (Phi) is 4.93. The number of nitrogens with one attached hydrogen (secondary N) is 1. The van der Waals surface area contributed by atoms with Crippen LogP contribution in [0.15, 0.2) is 30.3 Å². The van der Waals surface area contributed by atoms with E-state index in [4.69, 9.17) is 0 Å². The second kappa shape index (κ2) is 6.96. The molecule has 2 fully saturated rings. The fraction of sp³-hybridized carbons (Fsp3) is 0.600. The van der Waals surface area contributed by atoms with Crippen LogP contribution >= 0.6 is 0 Å². The molecule has 2 aliphatic rings. The Morgan fingerprint density at radius 3 is 2.67 bits per heavy atom. The van der Waals surface area contributed by atoms with Gasteiger partial charge in [0.1, 0.15) is 0 Å². The van der Waals surface area contributed by atoms with Crippen molar-refractivity contribution in [1.29, 1.82) is 0 Å². The largest absolute Gasteiger partial charge is 0.356 e. The van der Waals surface area contributed by atoms with Crippen LogP contribution in [0.4, 0.5) is 0 Å². The van der Waals surface area contributed by atoms with Crippen molar-refractivity contribution in [2.75, 3.05) is 6.54 Å². The van der Waals surface area contributed by atoms with Crippen LogP contribution in [0.1, 0.15) is 39.2 Å². The molecule has 0 aromatic heterocycles. The summed E-state index contributed by atoms with van der Waals surface area (Å²) in [6.07, 6.45) is 2.13. The normalized spacial score (nSPS) is 29.2. The summed E-state index contributed by atoms with van der Waals surface area (Å²) in [6.45, 7) is 7.14. The fourth-order valence-corrected chi connectivity index (χ4v) is 4.64. The van der Waals surface area contributed by atoms with Crippen LogP contribution in [0.25, 0.3) is 0 Å². The highest BCUT2D eigenvalue weighted by molar-refractivity contribution is 5.80. The fourth-order valence-electron chi connectivity index (χ4n) is 4.64. The molecule has 0 unspecified atom stereocenters. The van der Waals surface area contributed by atoms with Crippen LogP contribution in [0.5, 0.6) is 0 Å². The smallest absolute Gasteiger partial charge is 0.224 e. The van der Waals surface area contributed by atoms with E-state index in [1.54, 1.807) is 0 Å². The monoisotopic (exact) mass is 328 g/mol. The predicted molar refractivity (Wildman–Crippen MR) is 94.3 cm³/mol. The molecule has 130 valence electrons. The molecule has 1 aromatic carbocycles. The molecule has 0 radical (unpaired) electrons. The molecular weight excluding hydrogens is 300 g/mol. The Bertz CT molecular complexity index is 599. The lowest BCUT2D eigenvalue weighted by atomic mass is 9.88. The lowest BCUT2D eigenvalue weighted by Crippen LogP contribution is -2.39. The zero-order valence-electron chi connectivity index (χ0n) is 14.9. The van der Waals surface area contributed by atoms with E-state index in [0.29, 0.717) is 43.2 Å². The minimum atomic E-state index is 0.0712. The van der Waals surface area contributed by atoms with E-state index in [9.17, 15) is 9.59 Å². The number of rotatable bonds is 5. The minimum Gasteiger partial charge on any atom is -0.356 e. The van der Waals surface area contributed by atoms with Gasteiger partial charge in [0.2, 0.25) is 11.8 Å². The van der Waals surface area contributed by atoms with E-state index in [-0.39, 0.29) is 17.9 Å². The SMILES string of the molecule is CC(C)N1C(=O)C[C@H]2[C@H](CNC(=O)Cc3ccccc3)[C@@H](C)C[C@H]21. The Hall–Kier alpha value is -1.84. The van der Waals surface area contributed by atoms with Gasteiger partial charge in [-0.1, -0.05) is 37.3 Å². The number of amides is 2. The van der Waals surface area contributed by atoms with Crippen molar-refractivity contribution in [3.63, 3.8) is 0 Å². The quantitative estimate of drug-likeness (QED) is 0.903. The Balaban J connectivity index is 1.57. The van der Waals surface area contributed by atoms with Crippen molar-refractivity contribution in [2.24, 2.45) is 17.8 Å². The van der Waals surface area contributed by atoms with Crippen molar-refractivity contribution in [2.45, 2.75) is 52.1 Å². The molecule has 1 N–H and O–H groups in total. The van der Waals surface area contributed by atoms with Gasteiger partial charge in [0, 0.05) is 25.0 Å². The molecular formula is C20H28N2O2. The highest BCUT2D eigenvalue weighted by Crippen LogP contribution is 2.46. The first-order valence-electron chi connectivity index (χ1n) is 9.09. The number of benzene rings is 1. The maximum atomic E-state index is 12.3. The van der Waals surface area contributed by atoms with Gasteiger partial charge >= 0.3 is 0 Å². The summed E-state index contributed by atoms with van der Waals surface area (Å²) in [5.74, 6) is 1.70. The van der Waals surface area contributed by atoms with Crippen LogP contribution in [-0.2, 0) is 16.0 Å². The van der Waals surface area contributed by atoms with Crippen LogP contribution in [0.3, 0.4) is 0 Å². The second-order valence-electron chi connectivity index (χ2n) is 7.67. The Morgan fingerprint density at radius 2 is 2.00 bits per heavy atom. The number of likely N-dealkylation sites (tertiary alicyclic amines) is 1. The van der Waals surface area contributed by atoms with Gasteiger partial charge in [0.15, 0.2) is 0 Å². The average Bonchev–Trinajstić information content (AvgIpc) is 2.99. The molecule has 2 amide bonds.